The first-order valence-electron chi connectivity index (χ1n) is 7.81. The van der Waals surface area contributed by atoms with Gasteiger partial charge < -0.3 is 15.3 Å². The number of nitrogens with one attached hydrogen (secondary N) is 1. The van der Waals surface area contributed by atoms with Crippen LogP contribution in [-0.2, 0) is 14.4 Å². The number of carboxylic acid groups (broad SMARTS) is 1. The molecule has 0 aromatic carbocycles. The SMILES string of the molecule is CCCC(CNC(=O)CN1CCCCCCC1=O)C(=O)O. The van der Waals surface area contributed by atoms with Crippen LogP contribution in [0.5, 0.6) is 0 Å². The van der Waals surface area contributed by atoms with Gasteiger partial charge in [-0.2, -0.15) is 0 Å². The number of likely N-dealkylation sites (tertiary alicyclic amines) is 1. The molecule has 1 aliphatic heterocycles. The topological polar surface area (TPSA) is 86.7 Å². The molecule has 0 radical (unpaired) electrons. The van der Waals surface area contributed by atoms with Crippen molar-refractivity contribution in [1.82, 2.24) is 10.2 Å². The Balaban J connectivity index is 2.40. The van der Waals surface area contributed by atoms with Crippen LogP contribution in [-0.4, -0.2) is 47.4 Å². The molecule has 6 heteroatoms. The van der Waals surface area contributed by atoms with Crippen LogP contribution in [0.1, 0.15) is 51.9 Å². The van der Waals surface area contributed by atoms with Crippen LogP contribution >= 0.6 is 0 Å². The molecule has 1 aliphatic rings. The van der Waals surface area contributed by atoms with Gasteiger partial charge in [0.2, 0.25) is 11.8 Å². The van der Waals surface area contributed by atoms with Crippen LogP contribution in [0.4, 0.5) is 0 Å². The average molecular weight is 298 g/mol. The van der Waals surface area contributed by atoms with Crippen molar-refractivity contribution in [1.29, 1.82) is 0 Å². The zero-order valence-electron chi connectivity index (χ0n) is 12.8. The fourth-order valence-electron chi connectivity index (χ4n) is 2.51. The monoisotopic (exact) mass is 298 g/mol. The molecular formula is C15H26N2O4. The largest absolute Gasteiger partial charge is 0.481 e. The summed E-state index contributed by atoms with van der Waals surface area (Å²) < 4.78 is 0. The van der Waals surface area contributed by atoms with Crippen LogP contribution in [0.25, 0.3) is 0 Å². The maximum atomic E-state index is 11.9. The van der Waals surface area contributed by atoms with Crippen LogP contribution < -0.4 is 5.32 Å². The van der Waals surface area contributed by atoms with Gasteiger partial charge in [0.05, 0.1) is 12.5 Å². The van der Waals surface area contributed by atoms with Crippen LogP contribution in [0.15, 0.2) is 0 Å². The van der Waals surface area contributed by atoms with Crippen molar-refractivity contribution in [3.05, 3.63) is 0 Å². The summed E-state index contributed by atoms with van der Waals surface area (Å²) in [6.07, 6.45) is 5.77. The first kappa shape index (κ1) is 17.5. The summed E-state index contributed by atoms with van der Waals surface area (Å²) >= 11 is 0. The van der Waals surface area contributed by atoms with E-state index >= 15 is 0 Å². The van der Waals surface area contributed by atoms with Crippen molar-refractivity contribution < 1.29 is 19.5 Å². The molecule has 0 aliphatic carbocycles. The number of carboxylic acids is 1. The van der Waals surface area contributed by atoms with Gasteiger partial charge >= 0.3 is 5.97 Å². The molecule has 1 atom stereocenters. The predicted molar refractivity (Wildman–Crippen MR) is 78.7 cm³/mol. The van der Waals surface area contributed by atoms with Gasteiger partial charge in [-0.15, -0.1) is 0 Å². The van der Waals surface area contributed by atoms with Gasteiger partial charge in [0.1, 0.15) is 0 Å². The predicted octanol–water partition coefficient (Wildman–Crippen LogP) is 1.40. The molecule has 1 saturated heterocycles. The molecule has 2 N–H and O–H groups in total. The standard InChI is InChI=1S/C15H26N2O4/c1-2-7-12(15(20)21)10-16-13(18)11-17-9-6-4-3-5-8-14(17)19/h12H,2-11H2,1H3,(H,16,18)(H,20,21). The molecule has 0 spiro atoms. The van der Waals surface area contributed by atoms with Gasteiger partial charge in [-0.25, -0.2) is 0 Å². The number of amides is 2. The number of aliphatic carboxylic acids is 1. The summed E-state index contributed by atoms with van der Waals surface area (Å²) in [5.41, 5.74) is 0. The first-order valence-corrected chi connectivity index (χ1v) is 7.81. The fourth-order valence-corrected chi connectivity index (χ4v) is 2.51. The van der Waals surface area contributed by atoms with Crippen LogP contribution in [0.2, 0.25) is 0 Å². The molecule has 1 rings (SSSR count). The minimum Gasteiger partial charge on any atom is -0.481 e. The van der Waals surface area contributed by atoms with E-state index in [4.69, 9.17) is 5.11 Å². The number of hydrogen-bond donors (Lipinski definition) is 2. The number of rotatable bonds is 7. The molecule has 2 amide bonds. The van der Waals surface area contributed by atoms with Crippen LogP contribution in [0, 0.1) is 5.92 Å². The minimum absolute atomic E-state index is 0.0215. The zero-order chi connectivity index (χ0) is 15.7. The number of carbonyl (C=O) groups excluding carboxylic acids is 2. The maximum absolute atomic E-state index is 11.9. The van der Waals surface area contributed by atoms with Crippen molar-refractivity contribution in [3.8, 4) is 0 Å². The highest BCUT2D eigenvalue weighted by Gasteiger charge is 2.20. The van der Waals surface area contributed by atoms with Gasteiger partial charge in [-0.1, -0.05) is 26.2 Å². The maximum Gasteiger partial charge on any atom is 0.308 e. The highest BCUT2D eigenvalue weighted by molar-refractivity contribution is 5.85. The zero-order valence-corrected chi connectivity index (χ0v) is 12.8. The second-order valence-electron chi connectivity index (χ2n) is 5.61. The first-order chi connectivity index (χ1) is 10.0. The van der Waals surface area contributed by atoms with E-state index in [-0.39, 0.29) is 24.9 Å². The highest BCUT2D eigenvalue weighted by Crippen LogP contribution is 2.11. The number of carbonyl (C=O) groups is 3. The van der Waals surface area contributed by atoms with Gasteiger partial charge in [0, 0.05) is 19.5 Å². The van der Waals surface area contributed by atoms with Gasteiger partial charge in [0.25, 0.3) is 0 Å². The Labute approximate surface area is 125 Å². The van der Waals surface area contributed by atoms with Crippen molar-refractivity contribution in [2.75, 3.05) is 19.6 Å². The van der Waals surface area contributed by atoms with E-state index in [0.29, 0.717) is 19.4 Å². The lowest BCUT2D eigenvalue weighted by molar-refractivity contribution is -0.142. The van der Waals surface area contributed by atoms with E-state index in [2.05, 4.69) is 5.32 Å². The number of hydrogen-bond acceptors (Lipinski definition) is 3. The lowest BCUT2D eigenvalue weighted by atomic mass is 10.0. The molecule has 0 bridgehead atoms. The van der Waals surface area contributed by atoms with E-state index in [9.17, 15) is 14.4 Å². The fraction of sp³-hybridized carbons (Fsp3) is 0.800. The third-order valence-corrected chi connectivity index (χ3v) is 3.79. The third-order valence-electron chi connectivity index (χ3n) is 3.79. The quantitative estimate of drug-likeness (QED) is 0.743. The van der Waals surface area contributed by atoms with E-state index in [1.807, 2.05) is 6.92 Å². The highest BCUT2D eigenvalue weighted by atomic mass is 16.4. The lowest BCUT2D eigenvalue weighted by Crippen LogP contribution is -2.43. The van der Waals surface area contributed by atoms with Crippen molar-refractivity contribution in [2.45, 2.75) is 51.9 Å². The Hall–Kier alpha value is -1.59. The molecule has 1 heterocycles. The molecular weight excluding hydrogens is 272 g/mol. The lowest BCUT2D eigenvalue weighted by Gasteiger charge is -2.24. The second-order valence-corrected chi connectivity index (χ2v) is 5.61. The van der Waals surface area contributed by atoms with Gasteiger partial charge in [-0.3, -0.25) is 14.4 Å². The molecule has 6 nitrogen and oxygen atoms in total. The summed E-state index contributed by atoms with van der Waals surface area (Å²) in [5, 5.41) is 11.7. The Kier molecular flexibility index (Phi) is 7.79. The van der Waals surface area contributed by atoms with E-state index in [0.717, 1.165) is 32.1 Å². The van der Waals surface area contributed by atoms with Gasteiger partial charge in [-0.05, 0) is 19.3 Å². The molecule has 1 fully saturated rings. The molecule has 0 aromatic rings. The second kappa shape index (κ2) is 9.37. The Morgan fingerprint density at radius 3 is 2.67 bits per heavy atom. The summed E-state index contributed by atoms with van der Waals surface area (Å²) in [7, 11) is 0. The Morgan fingerprint density at radius 1 is 1.29 bits per heavy atom. The molecule has 1 unspecified atom stereocenters. The van der Waals surface area contributed by atoms with Crippen molar-refractivity contribution in [3.63, 3.8) is 0 Å². The minimum atomic E-state index is -0.889. The van der Waals surface area contributed by atoms with E-state index in [1.165, 1.54) is 0 Å². The summed E-state index contributed by atoms with van der Waals surface area (Å²) in [4.78, 5) is 36.4. The molecule has 21 heavy (non-hydrogen) atoms. The number of nitrogens with zero attached hydrogens (tertiary/aromatic N) is 1. The average Bonchev–Trinajstić information content (AvgIpc) is 2.42. The van der Waals surface area contributed by atoms with E-state index < -0.39 is 11.9 Å². The molecule has 0 saturated carbocycles. The third kappa shape index (κ3) is 6.60. The van der Waals surface area contributed by atoms with Gasteiger partial charge in [0.15, 0.2) is 0 Å². The molecule has 0 aromatic heterocycles. The normalized spacial score (nSPS) is 17.8. The Bertz CT molecular complexity index is 371. The molecule has 120 valence electrons. The summed E-state index contributed by atoms with van der Waals surface area (Å²) in [6, 6.07) is 0. The Morgan fingerprint density at radius 2 is 2.00 bits per heavy atom. The van der Waals surface area contributed by atoms with E-state index in [1.54, 1.807) is 4.90 Å². The smallest absolute Gasteiger partial charge is 0.308 e. The van der Waals surface area contributed by atoms with Crippen molar-refractivity contribution >= 4 is 17.8 Å². The van der Waals surface area contributed by atoms with Crippen molar-refractivity contribution in [2.24, 2.45) is 5.92 Å². The summed E-state index contributed by atoms with van der Waals surface area (Å²) in [6.45, 7) is 2.70. The summed E-state index contributed by atoms with van der Waals surface area (Å²) in [5.74, 6) is -1.69. The van der Waals surface area contributed by atoms with Crippen LogP contribution in [0.3, 0.4) is 0 Å².